The molecule has 1 heterocycles. The van der Waals surface area contributed by atoms with Crippen LogP contribution in [0.25, 0.3) is 0 Å². The summed E-state index contributed by atoms with van der Waals surface area (Å²) in [5.74, 6) is 1.40. The fraction of sp³-hybridized carbons (Fsp3) is 0.333. The molecular weight excluding hydrogens is 340 g/mol. The highest BCUT2D eigenvalue weighted by Crippen LogP contribution is 2.33. The maximum Gasteiger partial charge on any atom is 0.261 e. The van der Waals surface area contributed by atoms with E-state index in [4.69, 9.17) is 9.47 Å². The van der Waals surface area contributed by atoms with E-state index in [0.29, 0.717) is 18.0 Å². The first-order chi connectivity index (χ1) is 11.8. The molecule has 25 heavy (non-hydrogen) atoms. The van der Waals surface area contributed by atoms with Gasteiger partial charge in [0.25, 0.3) is 10.0 Å². The van der Waals surface area contributed by atoms with Crippen molar-refractivity contribution in [3.8, 4) is 11.5 Å². The van der Waals surface area contributed by atoms with Crippen LogP contribution in [0.4, 0.5) is 11.4 Å². The number of hydrogen-bond donors (Lipinski definition) is 1. The van der Waals surface area contributed by atoms with E-state index in [1.165, 1.54) is 12.1 Å². The number of likely N-dealkylation sites (N-methyl/N-ethyl adjacent to an activating group) is 1. The molecule has 0 aromatic heterocycles. The molecule has 1 N–H and O–H groups in total. The van der Waals surface area contributed by atoms with Gasteiger partial charge < -0.3 is 14.4 Å². The van der Waals surface area contributed by atoms with Crippen LogP contribution in [-0.4, -0.2) is 34.7 Å². The summed E-state index contributed by atoms with van der Waals surface area (Å²) in [5, 5.41) is 0. The summed E-state index contributed by atoms with van der Waals surface area (Å²) in [5.41, 5.74) is 1.37. The molecule has 6 nitrogen and oxygen atoms in total. The molecule has 1 aliphatic rings. The van der Waals surface area contributed by atoms with E-state index in [-0.39, 0.29) is 11.0 Å². The SMILES string of the molecule is CC(C)Oc1ccc(S(=O)(=O)Nc2ccc3c(c2)N(C)CCO3)cc1. The van der Waals surface area contributed by atoms with Crippen LogP contribution >= 0.6 is 0 Å². The summed E-state index contributed by atoms with van der Waals surface area (Å²) in [4.78, 5) is 2.22. The van der Waals surface area contributed by atoms with E-state index < -0.39 is 10.0 Å². The minimum absolute atomic E-state index is 0.0373. The Balaban J connectivity index is 1.80. The fourth-order valence-corrected chi connectivity index (χ4v) is 3.65. The Morgan fingerprint density at radius 1 is 1.16 bits per heavy atom. The Kier molecular flexibility index (Phi) is 4.76. The molecule has 3 rings (SSSR count). The largest absolute Gasteiger partial charge is 0.491 e. The fourth-order valence-electron chi connectivity index (χ4n) is 2.60. The number of nitrogens with one attached hydrogen (secondary N) is 1. The van der Waals surface area contributed by atoms with Gasteiger partial charge in [-0.15, -0.1) is 0 Å². The molecule has 0 bridgehead atoms. The molecule has 0 saturated heterocycles. The van der Waals surface area contributed by atoms with Crippen LogP contribution < -0.4 is 19.1 Å². The molecule has 0 amide bonds. The van der Waals surface area contributed by atoms with Gasteiger partial charge in [0.15, 0.2) is 0 Å². The lowest BCUT2D eigenvalue weighted by Gasteiger charge is -2.28. The number of benzene rings is 2. The molecule has 0 aliphatic carbocycles. The van der Waals surface area contributed by atoms with E-state index in [2.05, 4.69) is 4.72 Å². The molecule has 0 fully saturated rings. The average Bonchev–Trinajstić information content (AvgIpc) is 2.55. The second-order valence-corrected chi connectivity index (χ2v) is 7.88. The second-order valence-electron chi connectivity index (χ2n) is 6.20. The van der Waals surface area contributed by atoms with E-state index in [9.17, 15) is 8.42 Å². The highest BCUT2D eigenvalue weighted by molar-refractivity contribution is 7.92. The highest BCUT2D eigenvalue weighted by atomic mass is 32.2. The van der Waals surface area contributed by atoms with Gasteiger partial charge in [-0.05, 0) is 56.3 Å². The predicted octanol–water partition coefficient (Wildman–Crippen LogP) is 3.10. The number of fused-ring (bicyclic) bond motifs is 1. The summed E-state index contributed by atoms with van der Waals surface area (Å²) in [6.45, 7) is 5.23. The lowest BCUT2D eigenvalue weighted by atomic mass is 10.2. The number of hydrogen-bond acceptors (Lipinski definition) is 5. The van der Waals surface area contributed by atoms with Crippen LogP contribution in [0.1, 0.15) is 13.8 Å². The van der Waals surface area contributed by atoms with Crippen molar-refractivity contribution in [3.63, 3.8) is 0 Å². The van der Waals surface area contributed by atoms with Crippen molar-refractivity contribution < 1.29 is 17.9 Å². The lowest BCUT2D eigenvalue weighted by Crippen LogP contribution is -2.28. The normalized spacial score (nSPS) is 14.0. The number of rotatable bonds is 5. The van der Waals surface area contributed by atoms with Gasteiger partial charge in [-0.3, -0.25) is 4.72 Å². The van der Waals surface area contributed by atoms with E-state index in [1.54, 1.807) is 30.3 Å². The Labute approximate surface area is 148 Å². The van der Waals surface area contributed by atoms with Crippen LogP contribution in [0.5, 0.6) is 11.5 Å². The van der Waals surface area contributed by atoms with Gasteiger partial charge in [-0.25, -0.2) is 8.42 Å². The standard InChI is InChI=1S/C18H22N2O4S/c1-13(2)24-15-5-7-16(8-6-15)25(21,22)19-14-4-9-18-17(12-14)20(3)10-11-23-18/h4-9,12-13,19H,10-11H2,1-3H3. The first-order valence-corrected chi connectivity index (χ1v) is 9.61. The zero-order chi connectivity index (χ0) is 18.0. The highest BCUT2D eigenvalue weighted by Gasteiger charge is 2.18. The third-order valence-corrected chi connectivity index (χ3v) is 5.21. The van der Waals surface area contributed by atoms with E-state index in [1.807, 2.05) is 25.8 Å². The van der Waals surface area contributed by atoms with Crippen LogP contribution in [-0.2, 0) is 10.0 Å². The van der Waals surface area contributed by atoms with Gasteiger partial charge in [0.2, 0.25) is 0 Å². The van der Waals surface area contributed by atoms with Gasteiger partial charge >= 0.3 is 0 Å². The Hall–Kier alpha value is -2.41. The molecule has 7 heteroatoms. The van der Waals surface area contributed by atoms with Gasteiger partial charge in [0.1, 0.15) is 18.1 Å². The Morgan fingerprint density at radius 3 is 2.56 bits per heavy atom. The molecule has 2 aromatic carbocycles. The first-order valence-electron chi connectivity index (χ1n) is 8.13. The summed E-state index contributed by atoms with van der Waals surface area (Å²) in [6, 6.07) is 11.6. The predicted molar refractivity (Wildman–Crippen MR) is 98.2 cm³/mol. The molecule has 1 aliphatic heterocycles. The van der Waals surface area contributed by atoms with Crippen molar-refractivity contribution in [3.05, 3.63) is 42.5 Å². The number of ether oxygens (including phenoxy) is 2. The van der Waals surface area contributed by atoms with Crippen LogP contribution in [0, 0.1) is 0 Å². The van der Waals surface area contributed by atoms with Crippen molar-refractivity contribution in [2.24, 2.45) is 0 Å². The monoisotopic (exact) mass is 362 g/mol. The van der Waals surface area contributed by atoms with E-state index in [0.717, 1.165) is 18.0 Å². The second kappa shape index (κ2) is 6.84. The summed E-state index contributed by atoms with van der Waals surface area (Å²) in [7, 11) is -1.72. The van der Waals surface area contributed by atoms with Crippen LogP contribution in [0.15, 0.2) is 47.4 Å². The molecule has 2 aromatic rings. The molecule has 0 atom stereocenters. The summed E-state index contributed by atoms with van der Waals surface area (Å²) < 4.78 is 38.9. The minimum Gasteiger partial charge on any atom is -0.491 e. The summed E-state index contributed by atoms with van der Waals surface area (Å²) >= 11 is 0. The van der Waals surface area contributed by atoms with Crippen LogP contribution in [0.2, 0.25) is 0 Å². The van der Waals surface area contributed by atoms with E-state index >= 15 is 0 Å². The quantitative estimate of drug-likeness (QED) is 0.885. The van der Waals surface area contributed by atoms with Crippen molar-refractivity contribution in [2.75, 3.05) is 29.8 Å². The molecular formula is C18H22N2O4S. The van der Waals surface area contributed by atoms with Gasteiger partial charge in [0, 0.05) is 7.05 Å². The van der Waals surface area contributed by atoms with Crippen LogP contribution in [0.3, 0.4) is 0 Å². The lowest BCUT2D eigenvalue weighted by molar-refractivity contribution is 0.242. The molecule has 0 radical (unpaired) electrons. The Bertz CT molecular complexity index is 848. The summed E-state index contributed by atoms with van der Waals surface area (Å²) in [6.07, 6.45) is 0.0373. The smallest absolute Gasteiger partial charge is 0.261 e. The van der Waals surface area contributed by atoms with Crippen molar-refractivity contribution in [2.45, 2.75) is 24.8 Å². The average molecular weight is 362 g/mol. The van der Waals surface area contributed by atoms with Crippen molar-refractivity contribution in [1.82, 2.24) is 0 Å². The molecule has 134 valence electrons. The number of anilines is 2. The van der Waals surface area contributed by atoms with Crippen molar-refractivity contribution in [1.29, 1.82) is 0 Å². The number of sulfonamides is 1. The third-order valence-electron chi connectivity index (χ3n) is 3.81. The van der Waals surface area contributed by atoms with Crippen molar-refractivity contribution >= 4 is 21.4 Å². The Morgan fingerprint density at radius 2 is 1.88 bits per heavy atom. The minimum atomic E-state index is -3.67. The van der Waals surface area contributed by atoms with Gasteiger partial charge in [-0.1, -0.05) is 0 Å². The third kappa shape index (κ3) is 3.99. The molecule has 0 saturated carbocycles. The zero-order valence-corrected chi connectivity index (χ0v) is 15.3. The maximum atomic E-state index is 12.6. The van der Waals surface area contributed by atoms with Gasteiger partial charge in [-0.2, -0.15) is 0 Å². The van der Waals surface area contributed by atoms with Gasteiger partial charge in [0.05, 0.1) is 28.9 Å². The topological polar surface area (TPSA) is 67.9 Å². The molecule has 0 spiro atoms. The zero-order valence-electron chi connectivity index (χ0n) is 14.5. The molecule has 0 unspecified atom stereocenters. The maximum absolute atomic E-state index is 12.6. The number of nitrogens with zero attached hydrogens (tertiary/aromatic N) is 1. The first kappa shape index (κ1) is 17.4.